The van der Waals surface area contributed by atoms with E-state index in [9.17, 15) is 4.79 Å². The number of hydrogen-bond donors (Lipinski definition) is 0. The second kappa shape index (κ2) is 5.82. The van der Waals surface area contributed by atoms with E-state index >= 15 is 0 Å². The molecule has 17 heavy (non-hydrogen) atoms. The summed E-state index contributed by atoms with van der Waals surface area (Å²) >= 11 is 2.94. The first-order valence-electron chi connectivity index (χ1n) is 5.36. The minimum Gasteiger partial charge on any atom is -0.468 e. The first kappa shape index (κ1) is 14.4. The average molecular weight is 274 g/mol. The number of aromatic nitrogens is 2. The van der Waals surface area contributed by atoms with Crippen molar-refractivity contribution in [1.82, 2.24) is 10.2 Å². The molecule has 0 aliphatic carbocycles. The Kier molecular flexibility index (Phi) is 4.94. The Labute approximate surface area is 110 Å². The van der Waals surface area contributed by atoms with Gasteiger partial charge in [-0.25, -0.2) is 0 Å². The Morgan fingerprint density at radius 2 is 2.12 bits per heavy atom. The molecule has 0 aliphatic rings. The van der Waals surface area contributed by atoms with Crippen LogP contribution in [0.1, 0.15) is 32.2 Å². The molecule has 1 aromatic heterocycles. The molecule has 0 saturated heterocycles. The van der Waals surface area contributed by atoms with Crippen LogP contribution in [0.4, 0.5) is 0 Å². The molecule has 1 heterocycles. The summed E-state index contributed by atoms with van der Waals surface area (Å²) in [7, 11) is 1.42. The van der Waals surface area contributed by atoms with Gasteiger partial charge in [0.25, 0.3) is 0 Å². The highest BCUT2D eigenvalue weighted by atomic mass is 32.2. The normalized spacial score (nSPS) is 13.5. The summed E-state index contributed by atoms with van der Waals surface area (Å²) in [6.07, 6.45) is 0.753. The van der Waals surface area contributed by atoms with Gasteiger partial charge in [-0.1, -0.05) is 43.9 Å². The fraction of sp³-hybridized carbons (Fsp3) is 0.727. The van der Waals surface area contributed by atoms with E-state index in [1.807, 2.05) is 6.92 Å². The van der Waals surface area contributed by atoms with Crippen LogP contribution in [0, 0.1) is 12.3 Å². The molecule has 6 heteroatoms. The van der Waals surface area contributed by atoms with E-state index in [1.165, 1.54) is 30.2 Å². The summed E-state index contributed by atoms with van der Waals surface area (Å²) < 4.78 is 5.66. The Hall–Kier alpha value is -0.620. The second-order valence-corrected chi connectivity index (χ2v) is 7.61. The van der Waals surface area contributed by atoms with E-state index in [0.29, 0.717) is 0 Å². The van der Waals surface area contributed by atoms with Gasteiger partial charge in [-0.05, 0) is 18.8 Å². The van der Waals surface area contributed by atoms with E-state index in [4.69, 9.17) is 4.74 Å². The molecule has 0 N–H and O–H groups in total. The van der Waals surface area contributed by atoms with Crippen LogP contribution in [-0.4, -0.2) is 28.5 Å². The van der Waals surface area contributed by atoms with Gasteiger partial charge < -0.3 is 4.74 Å². The summed E-state index contributed by atoms with van der Waals surface area (Å²) in [4.78, 5) is 11.7. The zero-order valence-electron chi connectivity index (χ0n) is 10.8. The lowest BCUT2D eigenvalue weighted by atomic mass is 9.90. The summed E-state index contributed by atoms with van der Waals surface area (Å²) in [5, 5.41) is 8.67. The van der Waals surface area contributed by atoms with Gasteiger partial charge in [-0.3, -0.25) is 4.79 Å². The highest BCUT2D eigenvalue weighted by Gasteiger charge is 2.27. The van der Waals surface area contributed by atoms with Crippen LogP contribution in [0.5, 0.6) is 0 Å². The largest absolute Gasteiger partial charge is 0.468 e. The molecule has 4 nitrogen and oxygen atoms in total. The maximum atomic E-state index is 11.7. The third-order valence-corrected chi connectivity index (χ3v) is 4.11. The quantitative estimate of drug-likeness (QED) is 0.624. The van der Waals surface area contributed by atoms with Crippen molar-refractivity contribution in [1.29, 1.82) is 0 Å². The fourth-order valence-electron chi connectivity index (χ4n) is 1.31. The molecule has 1 atom stereocenters. The van der Waals surface area contributed by atoms with Gasteiger partial charge in [0.1, 0.15) is 10.3 Å². The van der Waals surface area contributed by atoms with E-state index in [0.717, 1.165) is 15.8 Å². The van der Waals surface area contributed by atoms with Gasteiger partial charge >= 0.3 is 5.97 Å². The smallest absolute Gasteiger partial charge is 0.319 e. The molecule has 0 unspecified atom stereocenters. The van der Waals surface area contributed by atoms with Crippen molar-refractivity contribution in [3.8, 4) is 0 Å². The van der Waals surface area contributed by atoms with Crippen molar-refractivity contribution in [2.75, 3.05) is 7.11 Å². The monoisotopic (exact) mass is 274 g/mol. The lowest BCUT2D eigenvalue weighted by Crippen LogP contribution is -2.24. The number of hydrogen-bond acceptors (Lipinski definition) is 6. The molecule has 0 aliphatic heterocycles. The molecule has 0 spiro atoms. The van der Waals surface area contributed by atoms with Crippen molar-refractivity contribution < 1.29 is 9.53 Å². The van der Waals surface area contributed by atoms with Crippen molar-refractivity contribution in [2.24, 2.45) is 5.41 Å². The molecular weight excluding hydrogens is 256 g/mol. The number of nitrogens with zero attached hydrogens (tertiary/aromatic N) is 2. The molecule has 1 rings (SSSR count). The van der Waals surface area contributed by atoms with E-state index in [1.54, 1.807) is 0 Å². The summed E-state index contributed by atoms with van der Waals surface area (Å²) in [6, 6.07) is 0. The Morgan fingerprint density at radius 3 is 2.53 bits per heavy atom. The second-order valence-electron chi connectivity index (χ2n) is 4.98. The first-order chi connectivity index (χ1) is 7.81. The number of esters is 1. The third kappa shape index (κ3) is 5.04. The lowest BCUT2D eigenvalue weighted by Gasteiger charge is -2.22. The topological polar surface area (TPSA) is 52.1 Å². The Morgan fingerprint density at radius 1 is 1.47 bits per heavy atom. The van der Waals surface area contributed by atoms with Crippen molar-refractivity contribution in [3.63, 3.8) is 0 Å². The number of rotatable bonds is 4. The van der Waals surface area contributed by atoms with Gasteiger partial charge in [-0.15, -0.1) is 10.2 Å². The summed E-state index contributed by atoms with van der Waals surface area (Å²) in [5.74, 6) is -0.197. The van der Waals surface area contributed by atoms with Gasteiger partial charge in [0.2, 0.25) is 0 Å². The van der Waals surface area contributed by atoms with Crippen LogP contribution in [0.3, 0.4) is 0 Å². The number of thioether (sulfide) groups is 1. The average Bonchev–Trinajstić information content (AvgIpc) is 2.60. The zero-order valence-corrected chi connectivity index (χ0v) is 12.4. The van der Waals surface area contributed by atoms with Crippen LogP contribution >= 0.6 is 23.1 Å². The standard InChI is InChI=1S/C11H18N2O2S2/c1-7-12-13-10(16-7)17-8(9(14)15-5)6-11(2,3)4/h8H,6H2,1-5H3/t8-/m1/s1. The van der Waals surface area contributed by atoms with Gasteiger partial charge in [0.05, 0.1) is 7.11 Å². The van der Waals surface area contributed by atoms with E-state index < -0.39 is 0 Å². The number of aryl methyl sites for hydroxylation is 1. The maximum Gasteiger partial charge on any atom is 0.319 e. The van der Waals surface area contributed by atoms with E-state index in [-0.39, 0.29) is 16.6 Å². The number of methoxy groups -OCH3 is 1. The minimum atomic E-state index is -0.215. The highest BCUT2D eigenvalue weighted by Crippen LogP contribution is 2.34. The van der Waals surface area contributed by atoms with Crippen LogP contribution in [0.2, 0.25) is 0 Å². The zero-order chi connectivity index (χ0) is 13.1. The molecule has 0 bridgehead atoms. The molecule has 0 saturated carbocycles. The van der Waals surface area contributed by atoms with E-state index in [2.05, 4.69) is 31.0 Å². The summed E-state index contributed by atoms with van der Waals surface area (Å²) in [6.45, 7) is 8.22. The molecule has 0 amide bonds. The third-order valence-electron chi connectivity index (χ3n) is 2.01. The van der Waals surface area contributed by atoms with Crippen LogP contribution < -0.4 is 0 Å². The Bertz CT molecular complexity index is 385. The molecule has 1 aromatic rings. The highest BCUT2D eigenvalue weighted by molar-refractivity contribution is 8.02. The van der Waals surface area contributed by atoms with Gasteiger partial charge in [-0.2, -0.15) is 0 Å². The minimum absolute atomic E-state index is 0.0750. The maximum absolute atomic E-state index is 11.7. The predicted octanol–water partition coefficient (Wildman–Crippen LogP) is 2.92. The molecule has 0 aromatic carbocycles. The van der Waals surface area contributed by atoms with Crippen LogP contribution in [-0.2, 0) is 9.53 Å². The van der Waals surface area contributed by atoms with Crippen LogP contribution in [0.25, 0.3) is 0 Å². The first-order valence-corrected chi connectivity index (χ1v) is 7.06. The van der Waals surface area contributed by atoms with Crippen LogP contribution in [0.15, 0.2) is 4.34 Å². The van der Waals surface area contributed by atoms with Crippen molar-refractivity contribution >= 4 is 29.1 Å². The van der Waals surface area contributed by atoms with Crippen molar-refractivity contribution in [3.05, 3.63) is 5.01 Å². The lowest BCUT2D eigenvalue weighted by molar-refractivity contribution is -0.140. The number of carbonyl (C=O) groups is 1. The molecule has 0 radical (unpaired) electrons. The van der Waals surface area contributed by atoms with Crippen molar-refractivity contribution in [2.45, 2.75) is 43.7 Å². The number of ether oxygens (including phenoxy) is 1. The SMILES string of the molecule is COC(=O)[C@@H](CC(C)(C)C)Sc1nnc(C)s1. The predicted molar refractivity (Wildman–Crippen MR) is 70.4 cm³/mol. The summed E-state index contributed by atoms with van der Waals surface area (Å²) in [5.41, 5.74) is 0.0750. The van der Waals surface area contributed by atoms with Gasteiger partial charge in [0, 0.05) is 0 Å². The number of carbonyl (C=O) groups excluding carboxylic acids is 1. The fourth-order valence-corrected chi connectivity index (χ4v) is 3.73. The Balaban J connectivity index is 2.73. The molecule has 0 fully saturated rings. The van der Waals surface area contributed by atoms with Gasteiger partial charge in [0.15, 0.2) is 4.34 Å². The molecule has 96 valence electrons. The molecular formula is C11H18N2O2S2.